The molecule has 1 heterocycles. The van der Waals surface area contributed by atoms with Crippen molar-refractivity contribution in [2.75, 3.05) is 0 Å². The Morgan fingerprint density at radius 2 is 2.33 bits per heavy atom. The third-order valence-corrected chi connectivity index (χ3v) is 3.56. The Kier molecular flexibility index (Phi) is 3.88. The molecule has 0 unspecified atom stereocenters. The molecule has 94 valence electrons. The smallest absolute Gasteiger partial charge is 0.337 e. The number of carboxylic acids is 1. The van der Waals surface area contributed by atoms with E-state index in [0.29, 0.717) is 5.75 Å². The highest BCUT2D eigenvalue weighted by Crippen LogP contribution is 2.26. The quantitative estimate of drug-likeness (QED) is 0.873. The van der Waals surface area contributed by atoms with Gasteiger partial charge in [0.05, 0.1) is 16.3 Å². The standard InChI is InChI=1S/C11H10ClN3O2S/c1-15-5-7(13-14-15)6-18-8-2-3-10(12)9(4-8)11(16)17/h2-5H,6H2,1H3,(H,16,17). The van der Waals surface area contributed by atoms with Crippen molar-refractivity contribution in [2.45, 2.75) is 10.6 Å². The number of rotatable bonds is 4. The SMILES string of the molecule is Cn1cc(CSc2ccc(Cl)c(C(=O)O)c2)nn1. The summed E-state index contributed by atoms with van der Waals surface area (Å²) in [6.45, 7) is 0. The molecular weight excluding hydrogens is 274 g/mol. The molecule has 1 aromatic carbocycles. The van der Waals surface area contributed by atoms with Crippen LogP contribution in [-0.4, -0.2) is 26.1 Å². The van der Waals surface area contributed by atoms with E-state index in [9.17, 15) is 4.79 Å². The average molecular weight is 284 g/mol. The fraction of sp³-hybridized carbons (Fsp3) is 0.182. The molecule has 18 heavy (non-hydrogen) atoms. The maximum absolute atomic E-state index is 10.9. The van der Waals surface area contributed by atoms with Crippen molar-refractivity contribution >= 4 is 29.3 Å². The summed E-state index contributed by atoms with van der Waals surface area (Å²) >= 11 is 7.29. The van der Waals surface area contributed by atoms with Crippen LogP contribution in [-0.2, 0) is 12.8 Å². The lowest BCUT2D eigenvalue weighted by Crippen LogP contribution is -1.97. The highest BCUT2D eigenvalue weighted by molar-refractivity contribution is 7.98. The number of hydrogen-bond donors (Lipinski definition) is 1. The molecule has 7 heteroatoms. The van der Waals surface area contributed by atoms with Crippen LogP contribution in [0.1, 0.15) is 16.1 Å². The van der Waals surface area contributed by atoms with E-state index in [1.165, 1.54) is 11.8 Å². The van der Waals surface area contributed by atoms with E-state index in [-0.39, 0.29) is 10.6 Å². The van der Waals surface area contributed by atoms with Gasteiger partial charge in [0.2, 0.25) is 0 Å². The molecule has 0 saturated heterocycles. The van der Waals surface area contributed by atoms with Gasteiger partial charge in [0, 0.05) is 23.9 Å². The summed E-state index contributed by atoms with van der Waals surface area (Å²) in [5.74, 6) is -0.393. The van der Waals surface area contributed by atoms with E-state index in [2.05, 4.69) is 10.3 Å². The van der Waals surface area contributed by atoms with E-state index in [1.807, 2.05) is 6.20 Å². The fourth-order valence-corrected chi connectivity index (χ4v) is 2.39. The summed E-state index contributed by atoms with van der Waals surface area (Å²) in [7, 11) is 1.80. The van der Waals surface area contributed by atoms with E-state index in [4.69, 9.17) is 16.7 Å². The highest BCUT2D eigenvalue weighted by Gasteiger charge is 2.10. The average Bonchev–Trinajstić information content (AvgIpc) is 2.74. The summed E-state index contributed by atoms with van der Waals surface area (Å²) < 4.78 is 1.63. The summed E-state index contributed by atoms with van der Waals surface area (Å²) in [5.41, 5.74) is 0.954. The topological polar surface area (TPSA) is 68.0 Å². The molecule has 0 saturated carbocycles. The lowest BCUT2D eigenvalue weighted by Gasteiger charge is -2.03. The van der Waals surface area contributed by atoms with Crippen LogP contribution >= 0.6 is 23.4 Å². The number of benzene rings is 1. The first-order valence-corrected chi connectivity index (χ1v) is 6.43. The van der Waals surface area contributed by atoms with Crippen LogP contribution in [0.15, 0.2) is 29.3 Å². The van der Waals surface area contributed by atoms with Crippen LogP contribution in [0.4, 0.5) is 0 Å². The van der Waals surface area contributed by atoms with E-state index < -0.39 is 5.97 Å². The Bertz CT molecular complexity index is 585. The zero-order valence-electron chi connectivity index (χ0n) is 9.50. The van der Waals surface area contributed by atoms with Crippen LogP contribution in [0.2, 0.25) is 5.02 Å². The first-order valence-electron chi connectivity index (χ1n) is 5.07. The number of carbonyl (C=O) groups is 1. The Balaban J connectivity index is 2.10. The van der Waals surface area contributed by atoms with Crippen LogP contribution in [0, 0.1) is 0 Å². The number of aromatic carboxylic acids is 1. The Morgan fingerprint density at radius 1 is 1.56 bits per heavy atom. The monoisotopic (exact) mass is 283 g/mol. The Hall–Kier alpha value is -1.53. The van der Waals surface area contributed by atoms with Crippen molar-refractivity contribution in [1.29, 1.82) is 0 Å². The van der Waals surface area contributed by atoms with Gasteiger partial charge in [-0.3, -0.25) is 4.68 Å². The minimum Gasteiger partial charge on any atom is -0.478 e. The zero-order chi connectivity index (χ0) is 13.1. The third-order valence-electron chi connectivity index (χ3n) is 2.21. The summed E-state index contributed by atoms with van der Waals surface area (Å²) in [6, 6.07) is 4.94. The van der Waals surface area contributed by atoms with Gasteiger partial charge in [-0.15, -0.1) is 16.9 Å². The van der Waals surface area contributed by atoms with E-state index in [1.54, 1.807) is 29.9 Å². The molecule has 0 radical (unpaired) electrons. The number of aryl methyl sites for hydroxylation is 1. The van der Waals surface area contributed by atoms with Gasteiger partial charge in [-0.2, -0.15) is 0 Å². The van der Waals surface area contributed by atoms with Crippen LogP contribution < -0.4 is 0 Å². The minimum absolute atomic E-state index is 0.112. The molecule has 2 rings (SSSR count). The molecule has 0 aliphatic rings. The molecule has 1 N–H and O–H groups in total. The lowest BCUT2D eigenvalue weighted by molar-refractivity contribution is 0.0697. The van der Waals surface area contributed by atoms with Crippen molar-refractivity contribution < 1.29 is 9.90 Å². The van der Waals surface area contributed by atoms with Crippen molar-refractivity contribution in [1.82, 2.24) is 15.0 Å². The number of hydrogen-bond acceptors (Lipinski definition) is 4. The second-order valence-corrected chi connectivity index (χ2v) is 5.07. The number of nitrogens with zero attached hydrogens (tertiary/aromatic N) is 3. The lowest BCUT2D eigenvalue weighted by atomic mass is 10.2. The molecule has 0 aliphatic heterocycles. The van der Waals surface area contributed by atoms with Gasteiger partial charge in [0.1, 0.15) is 0 Å². The van der Waals surface area contributed by atoms with Crippen molar-refractivity contribution in [2.24, 2.45) is 7.05 Å². The summed E-state index contributed by atoms with van der Waals surface area (Å²) in [6.07, 6.45) is 1.82. The second kappa shape index (κ2) is 5.41. The predicted molar refractivity (Wildman–Crippen MR) is 69.0 cm³/mol. The van der Waals surface area contributed by atoms with Gasteiger partial charge in [-0.25, -0.2) is 4.79 Å². The number of carboxylic acid groups (broad SMARTS) is 1. The van der Waals surface area contributed by atoms with E-state index >= 15 is 0 Å². The first-order chi connectivity index (χ1) is 8.56. The minimum atomic E-state index is -1.03. The Labute approximate surface area is 113 Å². The van der Waals surface area contributed by atoms with Gasteiger partial charge in [0.25, 0.3) is 0 Å². The van der Waals surface area contributed by atoms with E-state index in [0.717, 1.165) is 10.6 Å². The summed E-state index contributed by atoms with van der Waals surface area (Å²) in [5, 5.41) is 17.0. The molecule has 0 bridgehead atoms. The molecule has 0 atom stereocenters. The number of halogens is 1. The molecule has 1 aromatic heterocycles. The Morgan fingerprint density at radius 3 is 2.94 bits per heavy atom. The van der Waals surface area contributed by atoms with Crippen molar-refractivity contribution in [3.05, 3.63) is 40.7 Å². The van der Waals surface area contributed by atoms with Gasteiger partial charge in [-0.05, 0) is 18.2 Å². The molecule has 0 amide bonds. The predicted octanol–water partition coefficient (Wildman–Crippen LogP) is 2.46. The molecule has 0 spiro atoms. The number of thioether (sulfide) groups is 1. The molecule has 5 nitrogen and oxygen atoms in total. The summed E-state index contributed by atoms with van der Waals surface area (Å²) in [4.78, 5) is 11.8. The third kappa shape index (κ3) is 3.02. The normalized spacial score (nSPS) is 10.6. The molecular formula is C11H10ClN3O2S. The maximum atomic E-state index is 10.9. The van der Waals surface area contributed by atoms with Gasteiger partial charge in [-0.1, -0.05) is 16.8 Å². The highest BCUT2D eigenvalue weighted by atomic mass is 35.5. The molecule has 0 fully saturated rings. The van der Waals surface area contributed by atoms with Gasteiger partial charge >= 0.3 is 5.97 Å². The van der Waals surface area contributed by atoms with Gasteiger partial charge in [0.15, 0.2) is 0 Å². The van der Waals surface area contributed by atoms with Crippen molar-refractivity contribution in [3.8, 4) is 0 Å². The van der Waals surface area contributed by atoms with Crippen LogP contribution in [0.3, 0.4) is 0 Å². The second-order valence-electron chi connectivity index (χ2n) is 3.62. The maximum Gasteiger partial charge on any atom is 0.337 e. The number of aromatic nitrogens is 3. The molecule has 0 aliphatic carbocycles. The molecule has 2 aromatic rings. The van der Waals surface area contributed by atoms with Gasteiger partial charge < -0.3 is 5.11 Å². The largest absolute Gasteiger partial charge is 0.478 e. The van der Waals surface area contributed by atoms with Crippen LogP contribution in [0.25, 0.3) is 0 Å². The van der Waals surface area contributed by atoms with Crippen molar-refractivity contribution in [3.63, 3.8) is 0 Å². The first kappa shape index (κ1) is 12.9. The van der Waals surface area contributed by atoms with Crippen LogP contribution in [0.5, 0.6) is 0 Å². The zero-order valence-corrected chi connectivity index (χ0v) is 11.1. The fourth-order valence-electron chi connectivity index (χ4n) is 1.38.